The molecule has 4 rings (SSSR count). The van der Waals surface area contributed by atoms with Crippen LogP contribution in [-0.2, 0) is 19.1 Å². The number of halogens is 2. The van der Waals surface area contributed by atoms with Crippen molar-refractivity contribution in [1.82, 2.24) is 4.57 Å². The molecule has 0 amide bonds. The molecule has 0 radical (unpaired) electrons. The number of nitrogens with zero attached hydrogens (tertiary/aromatic N) is 2. The molecule has 0 fully saturated rings. The molecule has 12 heteroatoms. The average molecular weight is 634 g/mol. The van der Waals surface area contributed by atoms with Crippen LogP contribution in [0.25, 0.3) is 6.08 Å². The van der Waals surface area contributed by atoms with Gasteiger partial charge in [-0.2, -0.15) is 0 Å². The number of esters is 2. The second kappa shape index (κ2) is 13.6. The van der Waals surface area contributed by atoms with Crippen molar-refractivity contribution in [1.29, 1.82) is 0 Å². The Balaban J connectivity index is 1.84. The number of rotatable bonds is 10. The Morgan fingerprint density at radius 3 is 2.40 bits per heavy atom. The first-order valence-electron chi connectivity index (χ1n) is 13.3. The first-order chi connectivity index (χ1) is 20.0. The molecular formula is C30H30Cl2N2O7S. The molecule has 0 aliphatic carbocycles. The summed E-state index contributed by atoms with van der Waals surface area (Å²) in [6.45, 7) is 8.97. The first kappa shape index (κ1) is 31.3. The molecular weight excluding hydrogens is 603 g/mol. The molecule has 222 valence electrons. The maximum atomic E-state index is 14.0. The lowest BCUT2D eigenvalue weighted by Crippen LogP contribution is -2.40. The van der Waals surface area contributed by atoms with Gasteiger partial charge in [0.05, 0.1) is 45.2 Å². The van der Waals surface area contributed by atoms with E-state index in [1.54, 1.807) is 45.0 Å². The lowest BCUT2D eigenvalue weighted by molar-refractivity contribution is -0.145. The highest BCUT2D eigenvalue weighted by Gasteiger charge is 2.35. The normalized spacial score (nSPS) is 14.9. The van der Waals surface area contributed by atoms with E-state index in [1.807, 2.05) is 32.0 Å². The van der Waals surface area contributed by atoms with Gasteiger partial charge in [-0.3, -0.25) is 9.36 Å². The van der Waals surface area contributed by atoms with Gasteiger partial charge in [0, 0.05) is 5.56 Å². The Kier molecular flexibility index (Phi) is 10.1. The van der Waals surface area contributed by atoms with Crippen molar-refractivity contribution in [3.8, 4) is 11.5 Å². The van der Waals surface area contributed by atoms with E-state index in [0.29, 0.717) is 31.9 Å². The Morgan fingerprint density at radius 2 is 1.76 bits per heavy atom. The maximum absolute atomic E-state index is 14.0. The molecule has 0 N–H and O–H groups in total. The van der Waals surface area contributed by atoms with Gasteiger partial charge in [0.1, 0.15) is 11.8 Å². The highest BCUT2D eigenvalue weighted by Crippen LogP contribution is 2.37. The number of carbonyl (C=O) groups is 2. The number of thiazole rings is 1. The van der Waals surface area contributed by atoms with Crippen molar-refractivity contribution in [2.45, 2.75) is 46.8 Å². The Hall–Kier alpha value is -3.60. The SMILES string of the molecule is CCOC(=O)COc1c(Cl)cc(/C=c2/sc3n(c2=O)[C@H](c2ccccc2OC(C)C)C(C(=O)OCC)=C(C)N=3)cc1Cl. The van der Waals surface area contributed by atoms with Gasteiger partial charge in [0.2, 0.25) is 0 Å². The summed E-state index contributed by atoms with van der Waals surface area (Å²) >= 11 is 14.0. The van der Waals surface area contributed by atoms with E-state index in [-0.39, 0.29) is 52.9 Å². The van der Waals surface area contributed by atoms with Crippen LogP contribution in [0, 0.1) is 0 Å². The molecule has 1 aliphatic rings. The second-order valence-electron chi connectivity index (χ2n) is 9.41. The molecule has 0 saturated heterocycles. The summed E-state index contributed by atoms with van der Waals surface area (Å²) in [5.74, 6) is -0.446. The van der Waals surface area contributed by atoms with Gasteiger partial charge in [0.25, 0.3) is 5.56 Å². The maximum Gasteiger partial charge on any atom is 0.344 e. The Labute approximate surface area is 256 Å². The van der Waals surface area contributed by atoms with Crippen molar-refractivity contribution in [2.75, 3.05) is 19.8 Å². The van der Waals surface area contributed by atoms with Gasteiger partial charge in [-0.25, -0.2) is 14.6 Å². The quantitative estimate of drug-likeness (QED) is 0.295. The number of carbonyl (C=O) groups excluding carboxylic acids is 2. The number of ether oxygens (including phenoxy) is 4. The van der Waals surface area contributed by atoms with Gasteiger partial charge in [-0.05, 0) is 64.5 Å². The minimum absolute atomic E-state index is 0.126. The van der Waals surface area contributed by atoms with Crippen LogP contribution in [0.15, 0.2) is 57.5 Å². The van der Waals surface area contributed by atoms with E-state index in [0.717, 1.165) is 11.3 Å². The Bertz CT molecular complexity index is 1700. The zero-order chi connectivity index (χ0) is 30.6. The highest BCUT2D eigenvalue weighted by molar-refractivity contribution is 7.07. The summed E-state index contributed by atoms with van der Waals surface area (Å²) in [5, 5.41) is 0.313. The summed E-state index contributed by atoms with van der Waals surface area (Å²) in [5.41, 5.74) is 1.49. The lowest BCUT2D eigenvalue weighted by atomic mass is 9.95. The standard InChI is InChI=1S/C30H30Cl2N2O7S/c1-6-38-24(35)15-40-27-20(31)12-18(13-21(27)32)14-23-28(36)34-26(19-10-8-9-11-22(19)41-16(3)4)25(29(37)39-7-2)17(5)33-30(34)42-23/h8-14,16,26H,6-7,15H2,1-5H3/b23-14+/t26-/m1/s1. The van der Waals surface area contributed by atoms with Crippen molar-refractivity contribution >= 4 is 52.6 Å². The van der Waals surface area contributed by atoms with Gasteiger partial charge in [-0.1, -0.05) is 52.7 Å². The van der Waals surface area contributed by atoms with E-state index in [9.17, 15) is 14.4 Å². The third-order valence-corrected chi connectivity index (χ3v) is 7.60. The van der Waals surface area contributed by atoms with Crippen LogP contribution < -0.4 is 24.4 Å². The van der Waals surface area contributed by atoms with Crippen molar-refractivity contribution in [2.24, 2.45) is 4.99 Å². The topological polar surface area (TPSA) is 105 Å². The van der Waals surface area contributed by atoms with Crippen LogP contribution in [0.2, 0.25) is 10.0 Å². The Morgan fingerprint density at radius 1 is 1.10 bits per heavy atom. The van der Waals surface area contributed by atoms with Crippen molar-refractivity contribution < 1.29 is 28.5 Å². The zero-order valence-corrected chi connectivity index (χ0v) is 26.1. The molecule has 1 atom stereocenters. The predicted octanol–water partition coefficient (Wildman–Crippen LogP) is 4.83. The van der Waals surface area contributed by atoms with Gasteiger partial charge in [-0.15, -0.1) is 0 Å². The number of allylic oxidation sites excluding steroid dienone is 1. The van der Waals surface area contributed by atoms with Crippen molar-refractivity contribution in [3.63, 3.8) is 0 Å². The fourth-order valence-corrected chi connectivity index (χ4v) is 6.10. The number of aromatic nitrogens is 1. The molecule has 0 unspecified atom stereocenters. The number of hydrogen-bond acceptors (Lipinski definition) is 9. The van der Waals surface area contributed by atoms with Gasteiger partial charge < -0.3 is 18.9 Å². The minimum Gasteiger partial charge on any atom is -0.491 e. The smallest absolute Gasteiger partial charge is 0.344 e. The van der Waals surface area contributed by atoms with Crippen molar-refractivity contribution in [3.05, 3.63) is 88.5 Å². The first-order valence-corrected chi connectivity index (χ1v) is 14.9. The van der Waals surface area contributed by atoms with Crippen LogP contribution in [0.3, 0.4) is 0 Å². The number of fused-ring (bicyclic) bond motifs is 1. The lowest BCUT2D eigenvalue weighted by Gasteiger charge is -2.26. The van der Waals surface area contributed by atoms with E-state index in [1.165, 1.54) is 4.57 Å². The zero-order valence-electron chi connectivity index (χ0n) is 23.7. The van der Waals surface area contributed by atoms with E-state index in [2.05, 4.69) is 4.99 Å². The molecule has 1 aromatic heterocycles. The van der Waals surface area contributed by atoms with Crippen LogP contribution >= 0.6 is 34.5 Å². The van der Waals surface area contributed by atoms with E-state index in [4.69, 9.17) is 42.1 Å². The molecule has 9 nitrogen and oxygen atoms in total. The van der Waals surface area contributed by atoms with Gasteiger partial charge in [0.15, 0.2) is 17.2 Å². The van der Waals surface area contributed by atoms with Crippen LogP contribution in [0.1, 0.15) is 51.8 Å². The second-order valence-corrected chi connectivity index (χ2v) is 11.2. The van der Waals surface area contributed by atoms with Crippen LogP contribution in [0.4, 0.5) is 0 Å². The fraction of sp³-hybridized carbons (Fsp3) is 0.333. The van der Waals surface area contributed by atoms with Gasteiger partial charge >= 0.3 is 11.9 Å². The fourth-order valence-electron chi connectivity index (χ4n) is 4.44. The summed E-state index contributed by atoms with van der Waals surface area (Å²) < 4.78 is 23.6. The molecule has 1 aliphatic heterocycles. The number of hydrogen-bond donors (Lipinski definition) is 0. The molecule has 0 bridgehead atoms. The third-order valence-electron chi connectivity index (χ3n) is 6.05. The molecule has 0 saturated carbocycles. The van der Waals surface area contributed by atoms with Crippen LogP contribution in [-0.4, -0.2) is 42.4 Å². The summed E-state index contributed by atoms with van der Waals surface area (Å²) in [6, 6.07) is 9.61. The number of para-hydroxylation sites is 1. The van der Waals surface area contributed by atoms with E-state index < -0.39 is 18.0 Å². The average Bonchev–Trinajstić information content (AvgIpc) is 3.21. The molecule has 2 aromatic carbocycles. The molecule has 0 spiro atoms. The molecule has 42 heavy (non-hydrogen) atoms. The summed E-state index contributed by atoms with van der Waals surface area (Å²) in [4.78, 5) is 43.9. The highest BCUT2D eigenvalue weighted by atomic mass is 35.5. The summed E-state index contributed by atoms with van der Waals surface area (Å²) in [7, 11) is 0. The predicted molar refractivity (Wildman–Crippen MR) is 161 cm³/mol. The number of benzene rings is 2. The summed E-state index contributed by atoms with van der Waals surface area (Å²) in [6.07, 6.45) is 1.49. The third kappa shape index (κ3) is 6.72. The molecule has 3 aromatic rings. The minimum atomic E-state index is -0.830. The largest absolute Gasteiger partial charge is 0.491 e. The molecule has 2 heterocycles. The van der Waals surface area contributed by atoms with E-state index >= 15 is 0 Å². The monoisotopic (exact) mass is 632 g/mol. The van der Waals surface area contributed by atoms with Crippen LogP contribution in [0.5, 0.6) is 11.5 Å².